The lowest BCUT2D eigenvalue weighted by molar-refractivity contribution is 0.883. The Hall–Kier alpha value is -0.920. The van der Waals surface area contributed by atoms with E-state index in [0.29, 0.717) is 11.9 Å². The molecule has 1 fully saturated rings. The molecule has 3 rings (SSSR count). The summed E-state index contributed by atoms with van der Waals surface area (Å²) in [6.07, 6.45) is 2.31. The number of halogens is 3. The zero-order valence-electron chi connectivity index (χ0n) is 11.0. The quantitative estimate of drug-likeness (QED) is 0.778. The molecule has 21 heavy (non-hydrogen) atoms. The second-order valence-corrected chi connectivity index (χ2v) is 6.78. The van der Waals surface area contributed by atoms with Crippen LogP contribution >= 0.6 is 43.5 Å². The summed E-state index contributed by atoms with van der Waals surface area (Å²) < 4.78 is 1.91. The molecule has 1 aromatic heterocycles. The molecule has 0 amide bonds. The van der Waals surface area contributed by atoms with Crippen LogP contribution in [0.1, 0.15) is 12.8 Å². The summed E-state index contributed by atoms with van der Waals surface area (Å²) in [5.41, 5.74) is 0.868. The summed E-state index contributed by atoms with van der Waals surface area (Å²) in [5, 5.41) is 3.36. The zero-order chi connectivity index (χ0) is 14.8. The maximum absolute atomic E-state index is 6.01. The van der Waals surface area contributed by atoms with Crippen LogP contribution in [0.2, 0.25) is 5.28 Å². The molecule has 1 aliphatic heterocycles. The van der Waals surface area contributed by atoms with Gasteiger partial charge in [0.05, 0.1) is 5.69 Å². The highest BCUT2D eigenvalue weighted by Crippen LogP contribution is 2.28. The third-order valence-corrected chi connectivity index (χ3v) is 4.48. The van der Waals surface area contributed by atoms with Crippen LogP contribution in [0.4, 0.5) is 17.6 Å². The number of benzene rings is 1. The molecule has 0 unspecified atom stereocenters. The molecule has 1 aliphatic rings. The van der Waals surface area contributed by atoms with E-state index in [1.54, 1.807) is 0 Å². The van der Waals surface area contributed by atoms with Gasteiger partial charge in [0.1, 0.15) is 0 Å². The highest BCUT2D eigenvalue weighted by atomic mass is 79.9. The molecule has 0 spiro atoms. The molecule has 110 valence electrons. The van der Waals surface area contributed by atoms with E-state index in [2.05, 4.69) is 57.0 Å². The Balaban J connectivity index is 1.87. The van der Waals surface area contributed by atoms with Crippen molar-refractivity contribution in [1.82, 2.24) is 15.0 Å². The van der Waals surface area contributed by atoms with E-state index in [-0.39, 0.29) is 5.28 Å². The van der Waals surface area contributed by atoms with Crippen molar-refractivity contribution in [2.24, 2.45) is 0 Å². The van der Waals surface area contributed by atoms with Gasteiger partial charge in [0.15, 0.2) is 0 Å². The van der Waals surface area contributed by atoms with Crippen molar-refractivity contribution in [2.75, 3.05) is 23.3 Å². The summed E-state index contributed by atoms with van der Waals surface area (Å²) in [4.78, 5) is 14.9. The summed E-state index contributed by atoms with van der Waals surface area (Å²) in [6, 6.07) is 5.82. The summed E-state index contributed by atoms with van der Waals surface area (Å²) >= 11 is 12.9. The fraction of sp³-hybridized carbons (Fsp3) is 0.308. The standard InChI is InChI=1S/C13H12Br2ClN5/c14-8-3-4-10(9(15)7-8)17-12-18-11(16)19-13(20-12)21-5-1-2-6-21/h3-4,7H,1-2,5-6H2,(H,17,18,19,20). The van der Waals surface area contributed by atoms with Crippen LogP contribution in [-0.2, 0) is 0 Å². The normalized spacial score (nSPS) is 14.5. The Labute approximate surface area is 144 Å². The van der Waals surface area contributed by atoms with Crippen molar-refractivity contribution in [3.8, 4) is 0 Å². The minimum atomic E-state index is 0.197. The Morgan fingerprint density at radius 3 is 2.57 bits per heavy atom. The maximum Gasteiger partial charge on any atom is 0.233 e. The van der Waals surface area contributed by atoms with Gasteiger partial charge in [0.2, 0.25) is 17.2 Å². The smallest absolute Gasteiger partial charge is 0.233 e. The Morgan fingerprint density at radius 1 is 1.10 bits per heavy atom. The molecule has 0 bridgehead atoms. The van der Waals surface area contributed by atoms with Crippen molar-refractivity contribution >= 4 is 61.0 Å². The predicted molar refractivity (Wildman–Crippen MR) is 91.4 cm³/mol. The van der Waals surface area contributed by atoms with Crippen LogP contribution in [0.5, 0.6) is 0 Å². The Morgan fingerprint density at radius 2 is 1.86 bits per heavy atom. The molecule has 0 atom stereocenters. The Kier molecular flexibility index (Phi) is 4.61. The summed E-state index contributed by atoms with van der Waals surface area (Å²) in [7, 11) is 0. The minimum Gasteiger partial charge on any atom is -0.341 e. The molecule has 5 nitrogen and oxygen atoms in total. The van der Waals surface area contributed by atoms with E-state index >= 15 is 0 Å². The average molecular weight is 434 g/mol. The molecule has 0 saturated carbocycles. The fourth-order valence-corrected chi connectivity index (χ4v) is 3.47. The minimum absolute atomic E-state index is 0.197. The van der Waals surface area contributed by atoms with E-state index in [1.807, 2.05) is 18.2 Å². The highest BCUT2D eigenvalue weighted by molar-refractivity contribution is 9.11. The van der Waals surface area contributed by atoms with Crippen LogP contribution in [0.25, 0.3) is 0 Å². The van der Waals surface area contributed by atoms with E-state index in [9.17, 15) is 0 Å². The second kappa shape index (κ2) is 6.46. The maximum atomic E-state index is 6.01. The molecule has 0 aliphatic carbocycles. The van der Waals surface area contributed by atoms with Crippen molar-refractivity contribution in [1.29, 1.82) is 0 Å². The number of nitrogens with zero attached hydrogens (tertiary/aromatic N) is 4. The van der Waals surface area contributed by atoms with E-state index in [4.69, 9.17) is 11.6 Å². The number of anilines is 3. The number of hydrogen-bond acceptors (Lipinski definition) is 5. The van der Waals surface area contributed by atoms with Gasteiger partial charge in [-0.15, -0.1) is 0 Å². The van der Waals surface area contributed by atoms with Gasteiger partial charge in [-0.25, -0.2) is 0 Å². The first-order valence-electron chi connectivity index (χ1n) is 6.50. The van der Waals surface area contributed by atoms with Crippen molar-refractivity contribution < 1.29 is 0 Å². The van der Waals surface area contributed by atoms with Gasteiger partial charge < -0.3 is 10.2 Å². The van der Waals surface area contributed by atoms with Gasteiger partial charge >= 0.3 is 0 Å². The first-order valence-corrected chi connectivity index (χ1v) is 8.47. The van der Waals surface area contributed by atoms with Crippen LogP contribution in [0.15, 0.2) is 27.1 Å². The number of aromatic nitrogens is 3. The SMILES string of the molecule is Clc1nc(Nc2ccc(Br)cc2Br)nc(N2CCCC2)n1. The van der Waals surface area contributed by atoms with E-state index < -0.39 is 0 Å². The average Bonchev–Trinajstić information content (AvgIpc) is 2.95. The van der Waals surface area contributed by atoms with Gasteiger partial charge in [-0.3, -0.25) is 0 Å². The lowest BCUT2D eigenvalue weighted by Crippen LogP contribution is -2.21. The number of hydrogen-bond donors (Lipinski definition) is 1. The number of rotatable bonds is 3. The fourth-order valence-electron chi connectivity index (χ4n) is 2.17. The van der Waals surface area contributed by atoms with Crippen LogP contribution in [0, 0.1) is 0 Å². The van der Waals surface area contributed by atoms with Crippen LogP contribution in [0.3, 0.4) is 0 Å². The van der Waals surface area contributed by atoms with E-state index in [0.717, 1.165) is 40.6 Å². The third-order valence-electron chi connectivity index (χ3n) is 3.16. The zero-order valence-corrected chi connectivity index (χ0v) is 14.9. The molecular weight excluding hydrogens is 421 g/mol. The van der Waals surface area contributed by atoms with Crippen molar-refractivity contribution in [2.45, 2.75) is 12.8 Å². The largest absolute Gasteiger partial charge is 0.341 e. The van der Waals surface area contributed by atoms with Crippen molar-refractivity contribution in [3.63, 3.8) is 0 Å². The lowest BCUT2D eigenvalue weighted by atomic mass is 10.3. The molecule has 2 heterocycles. The topological polar surface area (TPSA) is 53.9 Å². The number of nitrogens with one attached hydrogen (secondary N) is 1. The molecular formula is C13H12Br2ClN5. The molecule has 1 N–H and O–H groups in total. The summed E-state index contributed by atoms with van der Waals surface area (Å²) in [6.45, 7) is 1.92. The van der Waals surface area contributed by atoms with Gasteiger partial charge in [-0.05, 0) is 58.6 Å². The third kappa shape index (κ3) is 3.64. The molecule has 2 aromatic rings. The van der Waals surface area contributed by atoms with Gasteiger partial charge in [-0.2, -0.15) is 15.0 Å². The molecule has 0 radical (unpaired) electrons. The first kappa shape index (κ1) is 15.0. The second-order valence-electron chi connectivity index (χ2n) is 4.67. The first-order chi connectivity index (χ1) is 10.1. The van der Waals surface area contributed by atoms with Gasteiger partial charge in [0.25, 0.3) is 0 Å². The predicted octanol–water partition coefficient (Wildman–Crippen LogP) is 4.39. The lowest BCUT2D eigenvalue weighted by Gasteiger charge is -2.16. The van der Waals surface area contributed by atoms with Gasteiger partial charge in [-0.1, -0.05) is 15.9 Å². The van der Waals surface area contributed by atoms with Crippen molar-refractivity contribution in [3.05, 3.63) is 32.4 Å². The van der Waals surface area contributed by atoms with E-state index in [1.165, 1.54) is 0 Å². The highest BCUT2D eigenvalue weighted by Gasteiger charge is 2.17. The van der Waals surface area contributed by atoms with Crippen LogP contribution in [-0.4, -0.2) is 28.0 Å². The molecule has 8 heteroatoms. The van der Waals surface area contributed by atoms with Gasteiger partial charge in [0, 0.05) is 22.0 Å². The summed E-state index contributed by atoms with van der Waals surface area (Å²) in [5.74, 6) is 1.07. The van der Waals surface area contributed by atoms with Crippen LogP contribution < -0.4 is 10.2 Å². The molecule has 1 aromatic carbocycles. The Bertz CT molecular complexity index is 661. The molecule has 1 saturated heterocycles. The monoisotopic (exact) mass is 431 g/mol.